The Morgan fingerprint density at radius 2 is 2.14 bits per heavy atom. The molecule has 0 spiro atoms. The van der Waals surface area contributed by atoms with Gasteiger partial charge in [0.2, 0.25) is 0 Å². The lowest BCUT2D eigenvalue weighted by Crippen LogP contribution is -3.14. The van der Waals surface area contributed by atoms with Crippen molar-refractivity contribution in [2.24, 2.45) is 5.92 Å². The van der Waals surface area contributed by atoms with E-state index < -0.39 is 0 Å². The Morgan fingerprint density at radius 1 is 1.32 bits per heavy atom. The molecule has 2 rings (SSSR count). The van der Waals surface area contributed by atoms with Crippen molar-refractivity contribution in [2.75, 3.05) is 32.8 Å². The van der Waals surface area contributed by atoms with Gasteiger partial charge in [-0.3, -0.25) is 4.79 Å². The van der Waals surface area contributed by atoms with E-state index in [0.717, 1.165) is 44.6 Å². The van der Waals surface area contributed by atoms with E-state index in [1.807, 2.05) is 25.1 Å². The normalized spacial score (nSPS) is 21.4. The van der Waals surface area contributed by atoms with Gasteiger partial charge in [-0.1, -0.05) is 25.1 Å². The summed E-state index contributed by atoms with van der Waals surface area (Å²) in [7, 11) is 0. The number of ether oxygens (including phenoxy) is 2. The Kier molecular flexibility index (Phi) is 6.72. The van der Waals surface area contributed by atoms with Crippen molar-refractivity contribution in [1.29, 1.82) is 0 Å². The number of quaternary nitrogens is 1. The second-order valence-electron chi connectivity index (χ2n) is 5.86. The van der Waals surface area contributed by atoms with Crippen molar-refractivity contribution >= 4 is 5.97 Å². The molecule has 0 saturated carbocycles. The molecule has 1 N–H and O–H groups in total. The van der Waals surface area contributed by atoms with E-state index in [-0.39, 0.29) is 11.9 Å². The third kappa shape index (κ3) is 4.73. The number of likely N-dealkylation sites (tertiary alicyclic amines) is 1. The van der Waals surface area contributed by atoms with E-state index >= 15 is 0 Å². The van der Waals surface area contributed by atoms with Crippen LogP contribution in [0.25, 0.3) is 0 Å². The zero-order valence-corrected chi connectivity index (χ0v) is 13.8. The first-order valence-electron chi connectivity index (χ1n) is 8.45. The predicted molar refractivity (Wildman–Crippen MR) is 86.2 cm³/mol. The van der Waals surface area contributed by atoms with Crippen molar-refractivity contribution in [3.05, 3.63) is 29.8 Å². The zero-order valence-electron chi connectivity index (χ0n) is 13.8. The second-order valence-corrected chi connectivity index (χ2v) is 5.86. The molecule has 0 aliphatic carbocycles. The topological polar surface area (TPSA) is 40.0 Å². The van der Waals surface area contributed by atoms with E-state index in [0.29, 0.717) is 13.2 Å². The summed E-state index contributed by atoms with van der Waals surface area (Å²) in [4.78, 5) is 13.3. The quantitative estimate of drug-likeness (QED) is 0.776. The van der Waals surface area contributed by atoms with Crippen LogP contribution in [0.15, 0.2) is 24.3 Å². The minimum absolute atomic E-state index is 0.0306. The van der Waals surface area contributed by atoms with Crippen LogP contribution < -0.4 is 9.64 Å². The SMILES string of the molecule is CCOC(=O)[C@H]1CCC[NH+](CCOc2ccccc2CC)C1. The highest BCUT2D eigenvalue weighted by Gasteiger charge is 2.29. The van der Waals surface area contributed by atoms with E-state index in [1.165, 1.54) is 10.5 Å². The Bertz CT molecular complexity index is 475. The molecule has 1 aliphatic rings. The van der Waals surface area contributed by atoms with Crippen LogP contribution in [-0.4, -0.2) is 38.8 Å². The molecule has 2 atom stereocenters. The monoisotopic (exact) mass is 306 g/mol. The maximum Gasteiger partial charge on any atom is 0.314 e. The second kappa shape index (κ2) is 8.79. The molecular weight excluding hydrogens is 278 g/mol. The summed E-state index contributed by atoms with van der Waals surface area (Å²) in [6.45, 7) is 8.11. The first kappa shape index (κ1) is 16.8. The van der Waals surface area contributed by atoms with Crippen molar-refractivity contribution < 1.29 is 19.2 Å². The van der Waals surface area contributed by atoms with Crippen molar-refractivity contribution in [2.45, 2.75) is 33.1 Å². The van der Waals surface area contributed by atoms with Gasteiger partial charge >= 0.3 is 5.97 Å². The van der Waals surface area contributed by atoms with Crippen LogP contribution in [0, 0.1) is 5.92 Å². The first-order chi connectivity index (χ1) is 10.7. The molecule has 0 aromatic heterocycles. The summed E-state index contributed by atoms with van der Waals surface area (Å²) >= 11 is 0. The van der Waals surface area contributed by atoms with Gasteiger partial charge in [0.05, 0.1) is 19.7 Å². The van der Waals surface area contributed by atoms with E-state index in [4.69, 9.17) is 9.47 Å². The third-order valence-corrected chi connectivity index (χ3v) is 4.30. The number of piperidine rings is 1. The van der Waals surface area contributed by atoms with E-state index in [2.05, 4.69) is 13.0 Å². The average molecular weight is 306 g/mol. The highest BCUT2D eigenvalue weighted by molar-refractivity contribution is 5.72. The number of para-hydroxylation sites is 1. The molecule has 4 heteroatoms. The summed E-state index contributed by atoms with van der Waals surface area (Å²) in [5.74, 6) is 1.02. The molecule has 1 heterocycles. The molecule has 22 heavy (non-hydrogen) atoms. The molecule has 0 amide bonds. The van der Waals surface area contributed by atoms with Gasteiger partial charge in [-0.25, -0.2) is 0 Å². The zero-order chi connectivity index (χ0) is 15.8. The van der Waals surface area contributed by atoms with Crippen LogP contribution in [0.3, 0.4) is 0 Å². The third-order valence-electron chi connectivity index (χ3n) is 4.30. The lowest BCUT2D eigenvalue weighted by atomic mass is 9.98. The molecular formula is C18H28NO3+. The van der Waals surface area contributed by atoms with Crippen LogP contribution in [-0.2, 0) is 16.0 Å². The Labute approximate surface area is 133 Å². The largest absolute Gasteiger partial charge is 0.487 e. The van der Waals surface area contributed by atoms with E-state index in [1.54, 1.807) is 0 Å². The fraction of sp³-hybridized carbons (Fsp3) is 0.611. The number of hydrogen-bond acceptors (Lipinski definition) is 3. The lowest BCUT2D eigenvalue weighted by Gasteiger charge is -2.28. The van der Waals surface area contributed by atoms with Gasteiger partial charge in [0.25, 0.3) is 0 Å². The maximum absolute atomic E-state index is 11.9. The number of rotatable bonds is 7. The smallest absolute Gasteiger partial charge is 0.314 e. The van der Waals surface area contributed by atoms with Gasteiger partial charge in [0.1, 0.15) is 24.8 Å². The number of carbonyl (C=O) groups is 1. The van der Waals surface area contributed by atoms with Crippen molar-refractivity contribution in [3.63, 3.8) is 0 Å². The van der Waals surface area contributed by atoms with Crippen LogP contribution >= 0.6 is 0 Å². The van der Waals surface area contributed by atoms with Gasteiger partial charge in [-0.05, 0) is 37.8 Å². The molecule has 122 valence electrons. The average Bonchev–Trinajstić information content (AvgIpc) is 2.56. The van der Waals surface area contributed by atoms with E-state index in [9.17, 15) is 4.79 Å². The van der Waals surface area contributed by atoms with Gasteiger partial charge in [0, 0.05) is 0 Å². The Morgan fingerprint density at radius 3 is 2.91 bits per heavy atom. The number of benzene rings is 1. The van der Waals surface area contributed by atoms with Crippen LogP contribution in [0.2, 0.25) is 0 Å². The molecule has 1 aromatic carbocycles. The van der Waals surface area contributed by atoms with Gasteiger partial charge in [-0.15, -0.1) is 0 Å². The lowest BCUT2D eigenvalue weighted by molar-refractivity contribution is -0.907. The minimum Gasteiger partial charge on any atom is -0.487 e. The van der Waals surface area contributed by atoms with Crippen molar-refractivity contribution in [3.8, 4) is 5.75 Å². The van der Waals surface area contributed by atoms with Crippen LogP contribution in [0.1, 0.15) is 32.3 Å². The van der Waals surface area contributed by atoms with Gasteiger partial charge in [0.15, 0.2) is 0 Å². The number of nitrogens with one attached hydrogen (secondary N) is 1. The molecule has 1 aliphatic heterocycles. The fourth-order valence-electron chi connectivity index (χ4n) is 3.08. The summed E-state index contributed by atoms with van der Waals surface area (Å²) in [5, 5.41) is 0. The summed E-state index contributed by atoms with van der Waals surface area (Å²) in [6.07, 6.45) is 3.03. The summed E-state index contributed by atoms with van der Waals surface area (Å²) in [5.41, 5.74) is 1.25. The molecule has 4 nitrogen and oxygen atoms in total. The Hall–Kier alpha value is -1.55. The molecule has 1 unspecified atom stereocenters. The molecule has 0 radical (unpaired) electrons. The highest BCUT2D eigenvalue weighted by Crippen LogP contribution is 2.17. The van der Waals surface area contributed by atoms with Gasteiger partial charge in [-0.2, -0.15) is 0 Å². The predicted octanol–water partition coefficient (Wildman–Crippen LogP) is 1.49. The fourth-order valence-corrected chi connectivity index (χ4v) is 3.08. The summed E-state index contributed by atoms with van der Waals surface area (Å²) < 4.78 is 11.1. The standard InChI is InChI=1S/C18H27NO3/c1-3-15-8-5-6-10-17(15)22-13-12-19-11-7-9-16(14-19)18(20)21-4-2/h5-6,8,10,16H,3-4,7,9,11-14H2,1-2H3/p+1/t16-/m0/s1. The summed E-state index contributed by atoms with van der Waals surface area (Å²) in [6, 6.07) is 8.20. The Balaban J connectivity index is 1.78. The van der Waals surface area contributed by atoms with Crippen LogP contribution in [0.5, 0.6) is 5.75 Å². The number of carbonyl (C=O) groups excluding carboxylic acids is 1. The van der Waals surface area contributed by atoms with Gasteiger partial charge < -0.3 is 14.4 Å². The number of hydrogen-bond donors (Lipinski definition) is 1. The highest BCUT2D eigenvalue weighted by atomic mass is 16.5. The number of aryl methyl sites for hydroxylation is 1. The molecule has 1 fully saturated rings. The first-order valence-corrected chi connectivity index (χ1v) is 8.45. The van der Waals surface area contributed by atoms with Crippen molar-refractivity contribution in [1.82, 2.24) is 0 Å². The molecule has 1 saturated heterocycles. The minimum atomic E-state index is -0.0306. The number of esters is 1. The van der Waals surface area contributed by atoms with Crippen LogP contribution in [0.4, 0.5) is 0 Å². The maximum atomic E-state index is 11.9. The molecule has 0 bridgehead atoms. The molecule has 1 aromatic rings.